The van der Waals surface area contributed by atoms with Gasteiger partial charge in [0.05, 0.1) is 0 Å². The van der Waals surface area contributed by atoms with Crippen LogP contribution in [0.3, 0.4) is 0 Å². The smallest absolute Gasteiger partial charge is 0.126 e. The Morgan fingerprint density at radius 1 is 0.737 bits per heavy atom. The zero-order valence-corrected chi connectivity index (χ0v) is 12.2. The van der Waals surface area contributed by atoms with Crippen LogP contribution in [0.5, 0.6) is 0 Å². The van der Waals surface area contributed by atoms with Gasteiger partial charge >= 0.3 is 0 Å². The van der Waals surface area contributed by atoms with Crippen molar-refractivity contribution in [2.75, 3.05) is 0 Å². The van der Waals surface area contributed by atoms with E-state index in [1.807, 2.05) is 0 Å². The highest BCUT2D eigenvalue weighted by atomic mass is 16.1. The summed E-state index contributed by atoms with van der Waals surface area (Å²) in [6.45, 7) is 0. The highest BCUT2D eigenvalue weighted by Crippen LogP contribution is 2.61. The molecule has 0 aromatic rings. The van der Waals surface area contributed by atoms with E-state index in [4.69, 9.17) is 0 Å². The summed E-state index contributed by atoms with van der Waals surface area (Å²) < 4.78 is 0. The molecule has 4 fully saturated rings. The molecule has 0 aliphatic heterocycles. The SMILES string of the molecule is O=C[C@@]12CCC[C@H]1[C@@H]1CCC3CCCC[C@@H]3[C@H]1CC2. The molecule has 4 saturated carbocycles. The van der Waals surface area contributed by atoms with E-state index >= 15 is 0 Å². The van der Waals surface area contributed by atoms with Crippen LogP contribution in [0.15, 0.2) is 0 Å². The van der Waals surface area contributed by atoms with Crippen LogP contribution in [0.25, 0.3) is 0 Å². The number of hydrogen-bond donors (Lipinski definition) is 0. The van der Waals surface area contributed by atoms with Crippen LogP contribution in [-0.2, 0) is 4.79 Å². The molecular formula is C18H28O. The van der Waals surface area contributed by atoms with Crippen LogP contribution in [0, 0.1) is 35.0 Å². The van der Waals surface area contributed by atoms with Crippen molar-refractivity contribution >= 4 is 6.29 Å². The van der Waals surface area contributed by atoms with E-state index in [-0.39, 0.29) is 5.41 Å². The van der Waals surface area contributed by atoms with Crippen molar-refractivity contribution in [2.45, 2.75) is 70.6 Å². The molecule has 0 N–H and O–H groups in total. The molecule has 0 heterocycles. The van der Waals surface area contributed by atoms with Gasteiger partial charge in [0.2, 0.25) is 0 Å². The van der Waals surface area contributed by atoms with Crippen molar-refractivity contribution in [1.29, 1.82) is 0 Å². The summed E-state index contributed by atoms with van der Waals surface area (Å²) in [5.41, 5.74) is 0.128. The second kappa shape index (κ2) is 4.60. The van der Waals surface area contributed by atoms with E-state index in [1.165, 1.54) is 76.9 Å². The molecule has 1 nitrogen and oxygen atoms in total. The number of rotatable bonds is 1. The summed E-state index contributed by atoms with van der Waals surface area (Å²) in [4.78, 5) is 11.7. The molecule has 0 aromatic heterocycles. The van der Waals surface area contributed by atoms with Gasteiger partial charge in [0, 0.05) is 5.41 Å². The first-order valence-corrected chi connectivity index (χ1v) is 8.80. The largest absolute Gasteiger partial charge is 0.303 e. The second-order valence-electron chi connectivity index (χ2n) is 8.00. The summed E-state index contributed by atoms with van der Waals surface area (Å²) >= 11 is 0. The van der Waals surface area contributed by atoms with Crippen molar-refractivity contribution in [2.24, 2.45) is 35.0 Å². The van der Waals surface area contributed by atoms with Gasteiger partial charge in [-0.05, 0) is 74.5 Å². The number of carbonyl (C=O) groups excluding carboxylic acids is 1. The molecule has 0 bridgehead atoms. The average molecular weight is 260 g/mol. The lowest BCUT2D eigenvalue weighted by Gasteiger charge is -2.54. The molecule has 0 amide bonds. The van der Waals surface area contributed by atoms with E-state index in [2.05, 4.69) is 0 Å². The van der Waals surface area contributed by atoms with Crippen LogP contribution < -0.4 is 0 Å². The molecule has 1 heteroatoms. The van der Waals surface area contributed by atoms with Gasteiger partial charge in [-0.2, -0.15) is 0 Å². The Bertz CT molecular complexity index is 363. The normalized spacial score (nSPS) is 52.9. The Balaban J connectivity index is 1.60. The second-order valence-corrected chi connectivity index (χ2v) is 8.00. The Labute approximate surface area is 117 Å². The predicted molar refractivity (Wildman–Crippen MR) is 76.7 cm³/mol. The molecule has 0 spiro atoms. The highest BCUT2D eigenvalue weighted by Gasteiger charge is 2.54. The Morgan fingerprint density at radius 2 is 1.63 bits per heavy atom. The van der Waals surface area contributed by atoms with Gasteiger partial charge in [0.25, 0.3) is 0 Å². The molecule has 4 aliphatic rings. The first-order valence-electron chi connectivity index (χ1n) is 8.80. The summed E-state index contributed by atoms with van der Waals surface area (Å²) in [5.74, 6) is 4.78. The Kier molecular flexibility index (Phi) is 3.01. The van der Waals surface area contributed by atoms with E-state index in [0.29, 0.717) is 0 Å². The standard InChI is InChI=1S/C18H28O/c19-12-18-10-3-6-17(18)16-8-7-13-4-1-2-5-14(13)15(16)9-11-18/h12-17H,1-11H2/t13?,14-,15+,16+,17-,18-/m0/s1. The lowest BCUT2D eigenvalue weighted by Crippen LogP contribution is -2.47. The van der Waals surface area contributed by atoms with Gasteiger partial charge in [0.15, 0.2) is 0 Å². The molecule has 19 heavy (non-hydrogen) atoms. The Morgan fingerprint density at radius 3 is 2.53 bits per heavy atom. The summed E-state index contributed by atoms with van der Waals surface area (Å²) in [5, 5.41) is 0. The fourth-order valence-corrected chi connectivity index (χ4v) is 6.74. The van der Waals surface area contributed by atoms with Crippen molar-refractivity contribution in [3.8, 4) is 0 Å². The average Bonchev–Trinajstić information content (AvgIpc) is 2.91. The summed E-state index contributed by atoms with van der Waals surface area (Å²) in [7, 11) is 0. The fourth-order valence-electron chi connectivity index (χ4n) is 6.74. The van der Waals surface area contributed by atoms with Crippen LogP contribution in [-0.4, -0.2) is 6.29 Å². The molecule has 4 aliphatic carbocycles. The van der Waals surface area contributed by atoms with E-state index < -0.39 is 0 Å². The van der Waals surface area contributed by atoms with Gasteiger partial charge in [-0.1, -0.05) is 25.7 Å². The van der Waals surface area contributed by atoms with E-state index in [1.54, 1.807) is 0 Å². The van der Waals surface area contributed by atoms with Crippen LogP contribution >= 0.6 is 0 Å². The minimum Gasteiger partial charge on any atom is -0.303 e. The van der Waals surface area contributed by atoms with Gasteiger partial charge in [-0.3, -0.25) is 0 Å². The van der Waals surface area contributed by atoms with E-state index in [0.717, 1.165) is 29.6 Å². The predicted octanol–water partition coefficient (Wildman–Crippen LogP) is 4.60. The first kappa shape index (κ1) is 12.4. The molecule has 4 rings (SSSR count). The zero-order valence-electron chi connectivity index (χ0n) is 12.2. The number of hydrogen-bond acceptors (Lipinski definition) is 1. The molecule has 0 radical (unpaired) electrons. The van der Waals surface area contributed by atoms with Crippen LogP contribution in [0.1, 0.15) is 70.6 Å². The van der Waals surface area contributed by atoms with Crippen molar-refractivity contribution in [3.05, 3.63) is 0 Å². The Hall–Kier alpha value is -0.330. The van der Waals surface area contributed by atoms with Crippen molar-refractivity contribution in [1.82, 2.24) is 0 Å². The highest BCUT2D eigenvalue weighted by molar-refractivity contribution is 5.61. The number of carbonyl (C=O) groups is 1. The fraction of sp³-hybridized carbons (Fsp3) is 0.944. The van der Waals surface area contributed by atoms with Crippen LogP contribution in [0.2, 0.25) is 0 Å². The third-order valence-corrected chi connectivity index (χ3v) is 7.53. The molecule has 0 aromatic carbocycles. The third kappa shape index (κ3) is 1.76. The molecule has 1 unspecified atom stereocenters. The summed E-state index contributed by atoms with van der Waals surface area (Å²) in [6, 6.07) is 0. The zero-order chi connectivity index (χ0) is 12.9. The maximum absolute atomic E-state index is 11.7. The van der Waals surface area contributed by atoms with Gasteiger partial charge in [-0.15, -0.1) is 0 Å². The van der Waals surface area contributed by atoms with Crippen molar-refractivity contribution in [3.63, 3.8) is 0 Å². The number of aldehydes is 1. The molecular weight excluding hydrogens is 232 g/mol. The third-order valence-electron chi connectivity index (χ3n) is 7.53. The minimum absolute atomic E-state index is 0.128. The van der Waals surface area contributed by atoms with Crippen LogP contribution in [0.4, 0.5) is 0 Å². The molecule has 6 atom stereocenters. The first-order chi connectivity index (χ1) is 9.34. The summed E-state index contributed by atoms with van der Waals surface area (Å²) in [6.07, 6.45) is 16.8. The topological polar surface area (TPSA) is 17.1 Å². The van der Waals surface area contributed by atoms with Gasteiger partial charge < -0.3 is 4.79 Å². The van der Waals surface area contributed by atoms with Gasteiger partial charge in [0.1, 0.15) is 6.29 Å². The minimum atomic E-state index is 0.128. The van der Waals surface area contributed by atoms with E-state index in [9.17, 15) is 4.79 Å². The molecule has 0 saturated heterocycles. The lowest BCUT2D eigenvalue weighted by atomic mass is 9.51. The lowest BCUT2D eigenvalue weighted by molar-refractivity contribution is -0.127. The van der Waals surface area contributed by atoms with Gasteiger partial charge in [-0.25, -0.2) is 0 Å². The number of fused-ring (bicyclic) bond motifs is 5. The molecule has 106 valence electrons. The van der Waals surface area contributed by atoms with Crippen molar-refractivity contribution < 1.29 is 4.79 Å². The maximum atomic E-state index is 11.7. The monoisotopic (exact) mass is 260 g/mol. The maximum Gasteiger partial charge on any atom is 0.126 e. The quantitative estimate of drug-likeness (QED) is 0.630.